The number of phenols is 1. The lowest BCUT2D eigenvalue weighted by molar-refractivity contribution is 0.475. The Morgan fingerprint density at radius 1 is 1.13 bits per heavy atom. The normalized spacial score (nSPS) is 11.3. The molecular formula is C19H23N3O. The van der Waals surface area contributed by atoms with Gasteiger partial charge < -0.3 is 10.4 Å². The first-order valence-corrected chi connectivity index (χ1v) is 8.07. The molecule has 4 heteroatoms. The highest BCUT2D eigenvalue weighted by atomic mass is 16.3. The van der Waals surface area contributed by atoms with E-state index in [4.69, 9.17) is 4.98 Å². The van der Waals surface area contributed by atoms with Gasteiger partial charge >= 0.3 is 0 Å². The molecular weight excluding hydrogens is 286 g/mol. The van der Waals surface area contributed by atoms with E-state index in [1.54, 1.807) is 12.1 Å². The van der Waals surface area contributed by atoms with Crippen molar-refractivity contribution in [3.05, 3.63) is 48.2 Å². The molecule has 2 N–H and O–H groups in total. The van der Waals surface area contributed by atoms with Gasteiger partial charge in [-0.05, 0) is 55.7 Å². The van der Waals surface area contributed by atoms with Crippen LogP contribution in [0.3, 0.4) is 0 Å². The maximum atomic E-state index is 9.52. The van der Waals surface area contributed by atoms with Gasteiger partial charge in [0.25, 0.3) is 0 Å². The molecule has 0 saturated carbocycles. The summed E-state index contributed by atoms with van der Waals surface area (Å²) in [6.07, 6.45) is 1.11. The average molecular weight is 309 g/mol. The molecule has 2 heterocycles. The highest BCUT2D eigenvalue weighted by Gasteiger charge is 2.15. The number of pyridine rings is 1. The summed E-state index contributed by atoms with van der Waals surface area (Å²) in [5.74, 6) is 1.94. The zero-order valence-corrected chi connectivity index (χ0v) is 13.9. The molecule has 0 unspecified atom stereocenters. The fourth-order valence-electron chi connectivity index (χ4n) is 2.72. The molecule has 0 aliphatic rings. The molecule has 2 aromatic heterocycles. The number of benzene rings is 1. The molecule has 0 aliphatic carbocycles. The van der Waals surface area contributed by atoms with E-state index < -0.39 is 0 Å². The van der Waals surface area contributed by atoms with Gasteiger partial charge in [-0.1, -0.05) is 19.9 Å². The number of nitrogens with zero attached hydrogens (tertiary/aromatic N) is 2. The third-order valence-electron chi connectivity index (χ3n) is 3.99. The average Bonchev–Trinajstić information content (AvgIpc) is 2.88. The predicted octanol–water partition coefficient (Wildman–Crippen LogP) is 4.47. The molecule has 120 valence electrons. The van der Waals surface area contributed by atoms with E-state index in [0.29, 0.717) is 5.92 Å². The number of hydrogen-bond donors (Lipinski definition) is 2. The van der Waals surface area contributed by atoms with Gasteiger partial charge in [0.05, 0.1) is 0 Å². The standard InChI is InChI=1S/C19H23N3O/c1-13(2)11-12-20-19-18(15-7-9-16(23)10-8-15)21-17-6-4-5-14(3)22(17)19/h4-10,13,20,23H,11-12H2,1-3H3. The summed E-state index contributed by atoms with van der Waals surface area (Å²) in [6, 6.07) is 13.3. The second kappa shape index (κ2) is 6.32. The van der Waals surface area contributed by atoms with Crippen LogP contribution >= 0.6 is 0 Å². The zero-order chi connectivity index (χ0) is 16.4. The number of fused-ring (bicyclic) bond motifs is 1. The Bertz CT molecular complexity index is 803. The molecule has 0 spiro atoms. The topological polar surface area (TPSA) is 49.6 Å². The summed E-state index contributed by atoms with van der Waals surface area (Å²) < 4.78 is 2.16. The highest BCUT2D eigenvalue weighted by molar-refractivity contribution is 5.77. The molecule has 0 amide bonds. The molecule has 23 heavy (non-hydrogen) atoms. The molecule has 3 rings (SSSR count). The van der Waals surface area contributed by atoms with Crippen LogP contribution in [0.15, 0.2) is 42.5 Å². The van der Waals surface area contributed by atoms with E-state index in [1.807, 2.05) is 24.3 Å². The number of imidazole rings is 1. The molecule has 0 saturated heterocycles. The van der Waals surface area contributed by atoms with Crippen LogP contribution in [0.2, 0.25) is 0 Å². The third kappa shape index (κ3) is 3.16. The van der Waals surface area contributed by atoms with E-state index in [1.165, 1.54) is 0 Å². The summed E-state index contributed by atoms with van der Waals surface area (Å²) in [5.41, 5.74) is 3.99. The van der Waals surface area contributed by atoms with Crippen LogP contribution in [0, 0.1) is 12.8 Å². The minimum Gasteiger partial charge on any atom is -0.508 e. The molecule has 0 atom stereocenters. The maximum absolute atomic E-state index is 9.52. The lowest BCUT2D eigenvalue weighted by atomic mass is 10.1. The molecule has 4 nitrogen and oxygen atoms in total. The van der Waals surface area contributed by atoms with Gasteiger partial charge in [0.1, 0.15) is 22.9 Å². The van der Waals surface area contributed by atoms with Crippen molar-refractivity contribution in [1.82, 2.24) is 9.38 Å². The van der Waals surface area contributed by atoms with Crippen molar-refractivity contribution >= 4 is 11.5 Å². The second-order valence-electron chi connectivity index (χ2n) is 6.33. The van der Waals surface area contributed by atoms with Crippen molar-refractivity contribution in [2.24, 2.45) is 5.92 Å². The number of anilines is 1. The fourth-order valence-corrected chi connectivity index (χ4v) is 2.72. The SMILES string of the molecule is Cc1cccc2nc(-c3ccc(O)cc3)c(NCCC(C)C)n12. The van der Waals surface area contributed by atoms with Crippen LogP contribution in [-0.4, -0.2) is 21.0 Å². The van der Waals surface area contributed by atoms with Crippen molar-refractivity contribution in [1.29, 1.82) is 0 Å². The largest absolute Gasteiger partial charge is 0.508 e. The quantitative estimate of drug-likeness (QED) is 0.731. The summed E-state index contributed by atoms with van der Waals surface area (Å²) in [5, 5.41) is 13.1. The Labute approximate surface area is 136 Å². The van der Waals surface area contributed by atoms with Gasteiger partial charge in [0.2, 0.25) is 0 Å². The van der Waals surface area contributed by atoms with Gasteiger partial charge in [0, 0.05) is 17.8 Å². The smallest absolute Gasteiger partial charge is 0.139 e. The molecule has 0 radical (unpaired) electrons. The van der Waals surface area contributed by atoms with Crippen LogP contribution < -0.4 is 5.32 Å². The summed E-state index contributed by atoms with van der Waals surface area (Å²) >= 11 is 0. The van der Waals surface area contributed by atoms with Gasteiger partial charge in [-0.3, -0.25) is 4.40 Å². The minimum absolute atomic E-state index is 0.267. The van der Waals surface area contributed by atoms with Crippen LogP contribution in [0.4, 0.5) is 5.82 Å². The number of nitrogens with one attached hydrogen (secondary N) is 1. The first-order chi connectivity index (χ1) is 11.1. The Balaban J connectivity index is 2.08. The van der Waals surface area contributed by atoms with E-state index in [9.17, 15) is 5.11 Å². The highest BCUT2D eigenvalue weighted by Crippen LogP contribution is 2.30. The molecule has 0 fully saturated rings. The van der Waals surface area contributed by atoms with Crippen molar-refractivity contribution in [3.63, 3.8) is 0 Å². The van der Waals surface area contributed by atoms with E-state index in [2.05, 4.69) is 36.6 Å². The fraction of sp³-hybridized carbons (Fsp3) is 0.316. The summed E-state index contributed by atoms with van der Waals surface area (Å²) in [6.45, 7) is 7.44. The number of aromatic nitrogens is 2. The number of aryl methyl sites for hydroxylation is 1. The number of phenolic OH excluding ortho intramolecular Hbond substituents is 1. The van der Waals surface area contributed by atoms with E-state index >= 15 is 0 Å². The van der Waals surface area contributed by atoms with Crippen molar-refractivity contribution in [3.8, 4) is 17.0 Å². The molecule has 3 aromatic rings. The van der Waals surface area contributed by atoms with Crippen LogP contribution in [0.25, 0.3) is 16.9 Å². The summed E-state index contributed by atoms with van der Waals surface area (Å²) in [7, 11) is 0. The molecule has 1 aromatic carbocycles. The van der Waals surface area contributed by atoms with Crippen LogP contribution in [-0.2, 0) is 0 Å². The van der Waals surface area contributed by atoms with Crippen molar-refractivity contribution in [2.75, 3.05) is 11.9 Å². The van der Waals surface area contributed by atoms with Gasteiger partial charge in [0.15, 0.2) is 0 Å². The van der Waals surface area contributed by atoms with Gasteiger partial charge in [-0.2, -0.15) is 0 Å². The Kier molecular flexibility index (Phi) is 4.24. The van der Waals surface area contributed by atoms with Crippen LogP contribution in [0.1, 0.15) is 26.0 Å². The Morgan fingerprint density at radius 2 is 1.87 bits per heavy atom. The van der Waals surface area contributed by atoms with Crippen molar-refractivity contribution < 1.29 is 5.11 Å². The number of aromatic hydroxyl groups is 1. The lowest BCUT2D eigenvalue weighted by Crippen LogP contribution is -2.08. The Hall–Kier alpha value is -2.49. The van der Waals surface area contributed by atoms with Gasteiger partial charge in [-0.15, -0.1) is 0 Å². The van der Waals surface area contributed by atoms with Crippen LogP contribution in [0.5, 0.6) is 5.75 Å². The monoisotopic (exact) mass is 309 g/mol. The Morgan fingerprint density at radius 3 is 2.57 bits per heavy atom. The predicted molar refractivity (Wildman–Crippen MR) is 95.0 cm³/mol. The molecule has 0 aliphatic heterocycles. The van der Waals surface area contributed by atoms with E-state index in [0.717, 1.165) is 41.4 Å². The number of rotatable bonds is 5. The first-order valence-electron chi connectivity index (χ1n) is 8.07. The number of hydrogen-bond acceptors (Lipinski definition) is 3. The zero-order valence-electron chi connectivity index (χ0n) is 13.9. The lowest BCUT2D eigenvalue weighted by Gasteiger charge is -2.11. The first kappa shape index (κ1) is 15.4. The second-order valence-corrected chi connectivity index (χ2v) is 6.33. The van der Waals surface area contributed by atoms with Gasteiger partial charge in [-0.25, -0.2) is 4.98 Å². The minimum atomic E-state index is 0.267. The molecule has 0 bridgehead atoms. The van der Waals surface area contributed by atoms with E-state index in [-0.39, 0.29) is 5.75 Å². The van der Waals surface area contributed by atoms with Crippen molar-refractivity contribution in [2.45, 2.75) is 27.2 Å². The maximum Gasteiger partial charge on any atom is 0.139 e. The third-order valence-corrected chi connectivity index (χ3v) is 3.99. The summed E-state index contributed by atoms with van der Waals surface area (Å²) in [4.78, 5) is 4.79.